The zero-order valence-corrected chi connectivity index (χ0v) is 12.2. The molecular weight excluding hydrogens is 286 g/mol. The third-order valence-electron chi connectivity index (χ3n) is 3.15. The maximum absolute atomic E-state index is 12.4. The van der Waals surface area contributed by atoms with Crippen molar-refractivity contribution in [2.75, 3.05) is 13.7 Å². The SMILES string of the molecule is COc1ccc(CN(CCC(=O)O)C(=O)c2ccco2)cc1. The molecule has 6 nitrogen and oxygen atoms in total. The van der Waals surface area contributed by atoms with Crippen molar-refractivity contribution in [2.24, 2.45) is 0 Å². The van der Waals surface area contributed by atoms with E-state index in [0.29, 0.717) is 6.54 Å². The Labute approximate surface area is 127 Å². The van der Waals surface area contributed by atoms with E-state index in [-0.39, 0.29) is 24.6 Å². The highest BCUT2D eigenvalue weighted by molar-refractivity contribution is 5.91. The number of carbonyl (C=O) groups excluding carboxylic acids is 1. The van der Waals surface area contributed by atoms with Crippen LogP contribution in [0, 0.1) is 0 Å². The van der Waals surface area contributed by atoms with Crippen LogP contribution in [-0.4, -0.2) is 35.5 Å². The Hall–Kier alpha value is -2.76. The first-order chi connectivity index (χ1) is 10.6. The Morgan fingerprint density at radius 3 is 2.50 bits per heavy atom. The minimum atomic E-state index is -0.952. The normalized spacial score (nSPS) is 10.2. The molecule has 0 aliphatic rings. The summed E-state index contributed by atoms with van der Waals surface area (Å²) < 4.78 is 10.2. The molecule has 0 aliphatic heterocycles. The molecule has 6 heteroatoms. The van der Waals surface area contributed by atoms with Crippen LogP contribution in [0.15, 0.2) is 47.1 Å². The predicted molar refractivity (Wildman–Crippen MR) is 78.7 cm³/mol. The number of aliphatic carboxylic acids is 1. The van der Waals surface area contributed by atoms with Gasteiger partial charge in [-0.1, -0.05) is 12.1 Å². The highest BCUT2D eigenvalue weighted by atomic mass is 16.5. The van der Waals surface area contributed by atoms with Crippen LogP contribution in [0.25, 0.3) is 0 Å². The lowest BCUT2D eigenvalue weighted by Gasteiger charge is -2.21. The summed E-state index contributed by atoms with van der Waals surface area (Å²) in [6.45, 7) is 0.414. The van der Waals surface area contributed by atoms with Gasteiger partial charge in [0.2, 0.25) is 0 Å². The Morgan fingerprint density at radius 1 is 1.23 bits per heavy atom. The number of rotatable bonds is 7. The van der Waals surface area contributed by atoms with Crippen LogP contribution in [0.4, 0.5) is 0 Å². The number of carbonyl (C=O) groups is 2. The summed E-state index contributed by atoms with van der Waals surface area (Å²) in [6, 6.07) is 10.4. The molecule has 0 aliphatic carbocycles. The number of methoxy groups -OCH3 is 1. The second-order valence-electron chi connectivity index (χ2n) is 4.70. The van der Waals surface area contributed by atoms with Crippen molar-refractivity contribution in [2.45, 2.75) is 13.0 Å². The van der Waals surface area contributed by atoms with E-state index in [9.17, 15) is 9.59 Å². The van der Waals surface area contributed by atoms with E-state index in [1.807, 2.05) is 12.1 Å². The zero-order valence-electron chi connectivity index (χ0n) is 12.2. The second-order valence-corrected chi connectivity index (χ2v) is 4.70. The van der Waals surface area contributed by atoms with Crippen LogP contribution in [-0.2, 0) is 11.3 Å². The standard InChI is InChI=1S/C16H17NO5/c1-21-13-6-4-12(5-7-13)11-17(9-8-15(18)19)16(20)14-3-2-10-22-14/h2-7,10H,8-9,11H2,1H3,(H,18,19). The lowest BCUT2D eigenvalue weighted by atomic mass is 10.2. The highest BCUT2D eigenvalue weighted by Crippen LogP contribution is 2.15. The molecule has 1 N–H and O–H groups in total. The van der Waals surface area contributed by atoms with Crippen molar-refractivity contribution in [1.29, 1.82) is 0 Å². The second kappa shape index (κ2) is 7.31. The molecule has 0 atom stereocenters. The van der Waals surface area contributed by atoms with E-state index in [1.54, 1.807) is 31.4 Å². The van der Waals surface area contributed by atoms with Gasteiger partial charge in [0.1, 0.15) is 5.75 Å². The van der Waals surface area contributed by atoms with Crippen LogP contribution in [0.5, 0.6) is 5.75 Å². The molecule has 0 bridgehead atoms. The van der Waals surface area contributed by atoms with Crippen LogP contribution in [0.2, 0.25) is 0 Å². The molecule has 2 aromatic rings. The molecule has 0 radical (unpaired) electrons. The summed E-state index contributed by atoms with van der Waals surface area (Å²) >= 11 is 0. The first-order valence-corrected chi connectivity index (χ1v) is 6.77. The van der Waals surface area contributed by atoms with Crippen molar-refractivity contribution < 1.29 is 23.8 Å². The number of hydrogen-bond acceptors (Lipinski definition) is 4. The first-order valence-electron chi connectivity index (χ1n) is 6.77. The topological polar surface area (TPSA) is 80.0 Å². The summed E-state index contributed by atoms with van der Waals surface area (Å²) in [4.78, 5) is 24.6. The average molecular weight is 303 g/mol. The van der Waals surface area contributed by atoms with Crippen molar-refractivity contribution in [1.82, 2.24) is 4.90 Å². The van der Waals surface area contributed by atoms with Crippen LogP contribution < -0.4 is 4.74 Å². The molecule has 1 heterocycles. The number of hydrogen-bond donors (Lipinski definition) is 1. The van der Waals surface area contributed by atoms with Gasteiger partial charge >= 0.3 is 5.97 Å². The molecule has 0 unspecified atom stereocenters. The fourth-order valence-electron chi connectivity index (χ4n) is 1.99. The third-order valence-corrected chi connectivity index (χ3v) is 3.15. The maximum atomic E-state index is 12.4. The summed E-state index contributed by atoms with van der Waals surface area (Å²) in [5.41, 5.74) is 0.881. The molecule has 22 heavy (non-hydrogen) atoms. The fourth-order valence-corrected chi connectivity index (χ4v) is 1.99. The number of nitrogens with zero attached hydrogens (tertiary/aromatic N) is 1. The minimum absolute atomic E-state index is 0.112. The van der Waals surface area contributed by atoms with Gasteiger partial charge < -0.3 is 19.2 Å². The van der Waals surface area contributed by atoms with Gasteiger partial charge in [0.15, 0.2) is 5.76 Å². The van der Waals surface area contributed by atoms with Gasteiger partial charge in [-0.15, -0.1) is 0 Å². The van der Waals surface area contributed by atoms with Crippen molar-refractivity contribution in [3.05, 3.63) is 54.0 Å². The Balaban J connectivity index is 2.12. The zero-order chi connectivity index (χ0) is 15.9. The molecule has 0 saturated carbocycles. The van der Waals surface area contributed by atoms with Crippen molar-refractivity contribution in [3.8, 4) is 5.75 Å². The van der Waals surface area contributed by atoms with Crippen LogP contribution in [0.1, 0.15) is 22.5 Å². The van der Waals surface area contributed by atoms with E-state index in [2.05, 4.69) is 0 Å². The molecule has 1 aromatic carbocycles. The number of carboxylic acid groups (broad SMARTS) is 1. The number of carboxylic acids is 1. The average Bonchev–Trinajstić information content (AvgIpc) is 3.05. The van der Waals surface area contributed by atoms with Crippen molar-refractivity contribution in [3.63, 3.8) is 0 Å². The van der Waals surface area contributed by atoms with E-state index < -0.39 is 5.97 Å². The summed E-state index contributed by atoms with van der Waals surface area (Å²) in [5, 5.41) is 8.83. The van der Waals surface area contributed by atoms with Gasteiger partial charge in [-0.25, -0.2) is 0 Å². The molecule has 0 saturated heterocycles. The van der Waals surface area contributed by atoms with Crippen molar-refractivity contribution >= 4 is 11.9 Å². The van der Waals surface area contributed by atoms with Crippen LogP contribution in [0.3, 0.4) is 0 Å². The highest BCUT2D eigenvalue weighted by Gasteiger charge is 2.19. The smallest absolute Gasteiger partial charge is 0.305 e. The number of furan rings is 1. The quantitative estimate of drug-likeness (QED) is 0.849. The molecular formula is C16H17NO5. The molecule has 2 rings (SSSR count). The van der Waals surface area contributed by atoms with Crippen LogP contribution >= 0.6 is 0 Å². The largest absolute Gasteiger partial charge is 0.497 e. The predicted octanol–water partition coefficient (Wildman–Crippen LogP) is 2.41. The molecule has 0 spiro atoms. The monoisotopic (exact) mass is 303 g/mol. The molecule has 1 amide bonds. The Bertz CT molecular complexity index is 618. The van der Waals surface area contributed by atoms with Gasteiger partial charge in [0, 0.05) is 13.1 Å². The van der Waals surface area contributed by atoms with E-state index >= 15 is 0 Å². The Kier molecular flexibility index (Phi) is 5.19. The minimum Gasteiger partial charge on any atom is -0.497 e. The lowest BCUT2D eigenvalue weighted by molar-refractivity contribution is -0.137. The maximum Gasteiger partial charge on any atom is 0.305 e. The number of benzene rings is 1. The summed E-state index contributed by atoms with van der Waals surface area (Å²) in [5.74, 6) is -0.369. The van der Waals surface area contributed by atoms with E-state index in [4.69, 9.17) is 14.3 Å². The fraction of sp³-hybridized carbons (Fsp3) is 0.250. The summed E-state index contributed by atoms with van der Waals surface area (Å²) in [7, 11) is 1.58. The summed E-state index contributed by atoms with van der Waals surface area (Å²) in [6.07, 6.45) is 1.29. The van der Waals surface area contributed by atoms with E-state index in [0.717, 1.165) is 11.3 Å². The van der Waals surface area contributed by atoms with Gasteiger partial charge in [-0.3, -0.25) is 9.59 Å². The third kappa shape index (κ3) is 4.12. The van der Waals surface area contributed by atoms with Gasteiger partial charge in [-0.2, -0.15) is 0 Å². The molecule has 1 aromatic heterocycles. The van der Waals surface area contributed by atoms with Gasteiger partial charge in [-0.05, 0) is 29.8 Å². The molecule has 0 fully saturated rings. The van der Waals surface area contributed by atoms with E-state index in [1.165, 1.54) is 11.2 Å². The Morgan fingerprint density at radius 2 is 1.95 bits per heavy atom. The van der Waals surface area contributed by atoms with Gasteiger partial charge in [0.25, 0.3) is 5.91 Å². The lowest BCUT2D eigenvalue weighted by Crippen LogP contribution is -2.32. The number of amides is 1. The number of ether oxygens (including phenoxy) is 1. The first kappa shape index (κ1) is 15.6. The molecule has 116 valence electrons. The van der Waals surface area contributed by atoms with Gasteiger partial charge in [0.05, 0.1) is 19.8 Å².